The van der Waals surface area contributed by atoms with Crippen LogP contribution in [-0.2, 0) is 0 Å². The zero-order chi connectivity index (χ0) is 24.2. The van der Waals surface area contributed by atoms with E-state index in [0.717, 1.165) is 22.5 Å². The molecule has 0 aliphatic carbocycles. The highest BCUT2D eigenvalue weighted by molar-refractivity contribution is 5.90. The number of hydrogen-bond donors (Lipinski definition) is 2. The lowest BCUT2D eigenvalue weighted by atomic mass is 10.0. The summed E-state index contributed by atoms with van der Waals surface area (Å²) in [6.07, 6.45) is 3.34. The van der Waals surface area contributed by atoms with Gasteiger partial charge >= 0.3 is 0 Å². The SMILES string of the molecule is Cc1ccc(N=Cc2cc(-c3ccc(O)c(C=Nc4ccc(C)c(C)c4)c3)ccc2O)cc1C. The van der Waals surface area contributed by atoms with Crippen molar-refractivity contribution in [3.63, 3.8) is 0 Å². The van der Waals surface area contributed by atoms with Crippen molar-refractivity contribution in [3.05, 3.63) is 106 Å². The van der Waals surface area contributed by atoms with Gasteiger partial charge in [-0.2, -0.15) is 0 Å². The van der Waals surface area contributed by atoms with Crippen molar-refractivity contribution in [3.8, 4) is 22.6 Å². The summed E-state index contributed by atoms with van der Waals surface area (Å²) >= 11 is 0. The van der Waals surface area contributed by atoms with Crippen LogP contribution in [0.5, 0.6) is 11.5 Å². The summed E-state index contributed by atoms with van der Waals surface area (Å²) in [6, 6.07) is 22.8. The van der Waals surface area contributed by atoms with Gasteiger partial charge in [0.1, 0.15) is 11.5 Å². The molecule has 4 rings (SSSR count). The minimum Gasteiger partial charge on any atom is -0.507 e. The molecule has 34 heavy (non-hydrogen) atoms. The monoisotopic (exact) mass is 448 g/mol. The van der Waals surface area contributed by atoms with Crippen molar-refractivity contribution in [2.24, 2.45) is 9.98 Å². The van der Waals surface area contributed by atoms with E-state index in [0.29, 0.717) is 11.1 Å². The van der Waals surface area contributed by atoms with E-state index in [9.17, 15) is 10.2 Å². The first kappa shape index (κ1) is 23.0. The molecular formula is C30H28N2O2. The van der Waals surface area contributed by atoms with Gasteiger partial charge in [-0.25, -0.2) is 0 Å². The Balaban J connectivity index is 1.63. The van der Waals surface area contributed by atoms with Gasteiger partial charge in [0, 0.05) is 23.6 Å². The number of phenolic OH excluding ortho intramolecular Hbond substituents is 2. The van der Waals surface area contributed by atoms with Gasteiger partial charge in [0.2, 0.25) is 0 Å². The standard InChI is InChI=1S/C30H28N2O2/c1-19-5-9-27(13-21(19)3)31-17-25-15-23(7-11-29(25)33)24-8-12-30(34)26(16-24)18-32-28-10-6-20(2)22(4)14-28/h5-18,33-34H,1-4H3. The third-order valence-electron chi connectivity index (χ3n) is 6.07. The molecule has 4 aromatic carbocycles. The van der Waals surface area contributed by atoms with E-state index in [1.165, 1.54) is 22.3 Å². The van der Waals surface area contributed by atoms with Crippen LogP contribution in [-0.4, -0.2) is 22.6 Å². The van der Waals surface area contributed by atoms with Crippen LogP contribution in [0.1, 0.15) is 33.4 Å². The smallest absolute Gasteiger partial charge is 0.124 e. The lowest BCUT2D eigenvalue weighted by molar-refractivity contribution is 0.473. The fourth-order valence-corrected chi connectivity index (χ4v) is 3.57. The number of aliphatic imine (C=N–C) groups is 2. The number of nitrogens with zero attached hydrogens (tertiary/aromatic N) is 2. The van der Waals surface area contributed by atoms with E-state index >= 15 is 0 Å². The van der Waals surface area contributed by atoms with Gasteiger partial charge in [-0.3, -0.25) is 9.98 Å². The molecule has 0 atom stereocenters. The fraction of sp³-hybridized carbons (Fsp3) is 0.133. The van der Waals surface area contributed by atoms with Crippen LogP contribution in [0.25, 0.3) is 11.1 Å². The predicted octanol–water partition coefficient (Wildman–Crippen LogP) is 7.50. The summed E-state index contributed by atoms with van der Waals surface area (Å²) in [4.78, 5) is 9.07. The van der Waals surface area contributed by atoms with Crippen molar-refractivity contribution in [2.45, 2.75) is 27.7 Å². The van der Waals surface area contributed by atoms with Crippen LogP contribution >= 0.6 is 0 Å². The summed E-state index contributed by atoms with van der Waals surface area (Å²) in [5.41, 5.74) is 9.49. The molecule has 170 valence electrons. The average Bonchev–Trinajstić information content (AvgIpc) is 2.82. The van der Waals surface area contributed by atoms with Gasteiger partial charge in [-0.1, -0.05) is 24.3 Å². The van der Waals surface area contributed by atoms with Crippen molar-refractivity contribution >= 4 is 23.8 Å². The van der Waals surface area contributed by atoms with Crippen LogP contribution < -0.4 is 0 Å². The van der Waals surface area contributed by atoms with Crippen molar-refractivity contribution in [1.82, 2.24) is 0 Å². The van der Waals surface area contributed by atoms with Gasteiger partial charge in [-0.15, -0.1) is 0 Å². The van der Waals surface area contributed by atoms with Gasteiger partial charge in [0.15, 0.2) is 0 Å². The Bertz CT molecular complexity index is 1310. The zero-order valence-corrected chi connectivity index (χ0v) is 19.9. The molecule has 0 aromatic heterocycles. The lowest BCUT2D eigenvalue weighted by Gasteiger charge is -2.08. The van der Waals surface area contributed by atoms with Gasteiger partial charge in [0.25, 0.3) is 0 Å². The normalized spacial score (nSPS) is 11.5. The quantitative estimate of drug-likeness (QED) is 0.310. The molecule has 0 aliphatic rings. The molecule has 4 heteroatoms. The summed E-state index contributed by atoms with van der Waals surface area (Å²) in [5.74, 6) is 0.318. The van der Waals surface area contributed by atoms with Crippen LogP contribution in [0.15, 0.2) is 82.8 Å². The molecular weight excluding hydrogens is 420 g/mol. The molecule has 0 heterocycles. The van der Waals surface area contributed by atoms with Crippen LogP contribution in [0.2, 0.25) is 0 Å². The number of aromatic hydroxyl groups is 2. The van der Waals surface area contributed by atoms with E-state index in [4.69, 9.17) is 0 Å². The second-order valence-corrected chi connectivity index (χ2v) is 8.60. The first-order valence-electron chi connectivity index (χ1n) is 11.2. The van der Waals surface area contributed by atoms with Crippen LogP contribution in [0, 0.1) is 27.7 Å². The molecule has 0 amide bonds. The summed E-state index contributed by atoms with van der Waals surface area (Å²) in [7, 11) is 0. The molecule has 0 unspecified atom stereocenters. The highest BCUT2D eigenvalue weighted by Gasteiger charge is 2.07. The molecule has 0 saturated carbocycles. The Morgan fingerprint density at radius 2 is 0.912 bits per heavy atom. The molecule has 0 fully saturated rings. The first-order chi connectivity index (χ1) is 16.3. The van der Waals surface area contributed by atoms with Gasteiger partial charge in [-0.05, 0) is 110 Å². The molecule has 0 aliphatic heterocycles. The Morgan fingerprint density at radius 1 is 0.500 bits per heavy atom. The van der Waals surface area contributed by atoms with Crippen molar-refractivity contribution in [2.75, 3.05) is 0 Å². The molecule has 0 radical (unpaired) electrons. The van der Waals surface area contributed by atoms with E-state index in [1.54, 1.807) is 24.6 Å². The topological polar surface area (TPSA) is 65.2 Å². The second-order valence-electron chi connectivity index (χ2n) is 8.60. The Kier molecular flexibility index (Phi) is 6.60. The molecule has 0 spiro atoms. The van der Waals surface area contributed by atoms with Gasteiger partial charge in [0.05, 0.1) is 11.4 Å². The Morgan fingerprint density at radius 3 is 1.29 bits per heavy atom. The molecule has 0 bridgehead atoms. The van der Waals surface area contributed by atoms with E-state index in [-0.39, 0.29) is 11.5 Å². The average molecular weight is 449 g/mol. The Labute approximate surface area is 200 Å². The predicted molar refractivity (Wildman–Crippen MR) is 142 cm³/mol. The van der Waals surface area contributed by atoms with E-state index in [2.05, 4.69) is 37.7 Å². The number of phenols is 2. The van der Waals surface area contributed by atoms with Crippen molar-refractivity contribution in [1.29, 1.82) is 0 Å². The van der Waals surface area contributed by atoms with Crippen LogP contribution in [0.3, 0.4) is 0 Å². The van der Waals surface area contributed by atoms with Gasteiger partial charge < -0.3 is 10.2 Å². The van der Waals surface area contributed by atoms with Crippen LogP contribution in [0.4, 0.5) is 11.4 Å². The maximum atomic E-state index is 10.4. The first-order valence-corrected chi connectivity index (χ1v) is 11.2. The largest absolute Gasteiger partial charge is 0.507 e. The third kappa shape index (κ3) is 5.24. The molecule has 0 saturated heterocycles. The molecule has 4 nitrogen and oxygen atoms in total. The summed E-state index contributed by atoms with van der Waals surface area (Å²) in [6.45, 7) is 8.24. The molecule has 2 N–H and O–H groups in total. The highest BCUT2D eigenvalue weighted by Crippen LogP contribution is 2.29. The maximum Gasteiger partial charge on any atom is 0.124 e. The highest BCUT2D eigenvalue weighted by atomic mass is 16.3. The number of benzene rings is 4. The summed E-state index contributed by atoms with van der Waals surface area (Å²) < 4.78 is 0. The number of rotatable bonds is 5. The molecule has 4 aromatic rings. The maximum absolute atomic E-state index is 10.4. The number of aryl methyl sites for hydroxylation is 4. The third-order valence-corrected chi connectivity index (χ3v) is 6.07. The fourth-order valence-electron chi connectivity index (χ4n) is 3.57. The summed E-state index contributed by atoms with van der Waals surface area (Å²) in [5, 5.41) is 20.7. The lowest BCUT2D eigenvalue weighted by Crippen LogP contribution is -1.88. The Hall–Kier alpha value is -4.18. The zero-order valence-electron chi connectivity index (χ0n) is 19.9. The van der Waals surface area contributed by atoms with E-state index < -0.39 is 0 Å². The minimum atomic E-state index is 0.159. The number of hydrogen-bond acceptors (Lipinski definition) is 4. The van der Waals surface area contributed by atoms with Crippen molar-refractivity contribution < 1.29 is 10.2 Å². The minimum absolute atomic E-state index is 0.159. The van der Waals surface area contributed by atoms with E-state index in [1.807, 2.05) is 60.7 Å². The second kappa shape index (κ2) is 9.75.